The lowest BCUT2D eigenvalue weighted by Crippen LogP contribution is -2.31. The van der Waals surface area contributed by atoms with E-state index in [1.54, 1.807) is 23.2 Å². The number of aromatic nitrogens is 1. The van der Waals surface area contributed by atoms with E-state index >= 15 is 0 Å². The van der Waals surface area contributed by atoms with Crippen LogP contribution < -0.4 is 9.64 Å². The van der Waals surface area contributed by atoms with Gasteiger partial charge in [0.15, 0.2) is 0 Å². The second-order valence-corrected chi connectivity index (χ2v) is 5.96. The van der Waals surface area contributed by atoms with Crippen molar-refractivity contribution in [3.63, 3.8) is 0 Å². The molecule has 5 heteroatoms. The maximum Gasteiger partial charge on any atom is 0.259 e. The predicted molar refractivity (Wildman–Crippen MR) is 100 cm³/mol. The van der Waals surface area contributed by atoms with Crippen LogP contribution in [-0.4, -0.2) is 17.5 Å². The van der Waals surface area contributed by atoms with Gasteiger partial charge in [-0.1, -0.05) is 13.0 Å². The van der Waals surface area contributed by atoms with Crippen LogP contribution in [0.5, 0.6) is 5.75 Å². The molecule has 134 valence electrons. The Bertz CT molecular complexity index is 841. The molecule has 5 nitrogen and oxygen atoms in total. The molecule has 26 heavy (non-hydrogen) atoms. The van der Waals surface area contributed by atoms with Crippen molar-refractivity contribution >= 4 is 11.7 Å². The predicted octanol–water partition coefficient (Wildman–Crippen LogP) is 4.62. The van der Waals surface area contributed by atoms with E-state index in [2.05, 4.69) is 11.9 Å². The van der Waals surface area contributed by atoms with Crippen LogP contribution in [0, 0.1) is 6.92 Å². The fourth-order valence-electron chi connectivity index (χ4n) is 2.57. The van der Waals surface area contributed by atoms with Crippen LogP contribution in [0.25, 0.3) is 0 Å². The number of carbonyl (C=O) groups excluding carboxylic acids is 1. The summed E-state index contributed by atoms with van der Waals surface area (Å²) in [5, 5.41) is 0. The van der Waals surface area contributed by atoms with Gasteiger partial charge >= 0.3 is 0 Å². The van der Waals surface area contributed by atoms with Gasteiger partial charge in [0.2, 0.25) is 0 Å². The fraction of sp³-hybridized carbons (Fsp3) is 0.238. The minimum absolute atomic E-state index is 0.139. The van der Waals surface area contributed by atoms with Crippen molar-refractivity contribution in [1.82, 2.24) is 4.98 Å². The number of anilines is 1. The minimum atomic E-state index is -0.139. The van der Waals surface area contributed by atoms with E-state index in [-0.39, 0.29) is 5.91 Å². The largest absolute Gasteiger partial charge is 0.494 e. The summed E-state index contributed by atoms with van der Waals surface area (Å²) in [6.07, 6.45) is 2.61. The lowest BCUT2D eigenvalue weighted by atomic mass is 10.2. The van der Waals surface area contributed by atoms with Crippen LogP contribution >= 0.6 is 0 Å². The Hall–Kier alpha value is -3.08. The van der Waals surface area contributed by atoms with E-state index in [9.17, 15) is 4.79 Å². The third-order valence-electron chi connectivity index (χ3n) is 3.86. The number of rotatable bonds is 7. The first-order chi connectivity index (χ1) is 12.7. The van der Waals surface area contributed by atoms with Gasteiger partial charge in [0.25, 0.3) is 5.91 Å². The van der Waals surface area contributed by atoms with Crippen molar-refractivity contribution in [3.8, 4) is 5.75 Å². The molecule has 3 rings (SSSR count). The lowest BCUT2D eigenvalue weighted by molar-refractivity contribution is 0.0982. The van der Waals surface area contributed by atoms with Crippen molar-refractivity contribution in [3.05, 3.63) is 77.9 Å². The third kappa shape index (κ3) is 4.30. The first kappa shape index (κ1) is 17.7. The van der Waals surface area contributed by atoms with Gasteiger partial charge in [-0.05, 0) is 61.9 Å². The van der Waals surface area contributed by atoms with Crippen LogP contribution in [-0.2, 0) is 6.54 Å². The second kappa shape index (κ2) is 8.34. The molecule has 1 aromatic carbocycles. The van der Waals surface area contributed by atoms with Gasteiger partial charge < -0.3 is 9.15 Å². The first-order valence-electron chi connectivity index (χ1n) is 8.68. The van der Waals surface area contributed by atoms with Gasteiger partial charge in [0.1, 0.15) is 23.1 Å². The van der Waals surface area contributed by atoms with Crippen LogP contribution in [0.2, 0.25) is 0 Å². The Labute approximate surface area is 153 Å². The lowest BCUT2D eigenvalue weighted by Gasteiger charge is -2.21. The number of aryl methyl sites for hydroxylation is 1. The van der Waals surface area contributed by atoms with Crippen LogP contribution in [0.4, 0.5) is 5.82 Å². The van der Waals surface area contributed by atoms with Crippen molar-refractivity contribution in [2.75, 3.05) is 11.5 Å². The second-order valence-electron chi connectivity index (χ2n) is 5.96. The Balaban J connectivity index is 1.84. The van der Waals surface area contributed by atoms with E-state index in [1.165, 1.54) is 0 Å². The molecule has 3 aromatic rings. The molecule has 2 aromatic heterocycles. The summed E-state index contributed by atoms with van der Waals surface area (Å²) in [7, 11) is 0. The number of nitrogens with zero attached hydrogens (tertiary/aromatic N) is 2. The standard InChI is InChI=1S/C21H22N2O3/c1-3-14-25-18-11-8-17(9-12-18)21(24)23(20-6-4-5-13-22-20)15-19-10-7-16(2)26-19/h4-13H,3,14-15H2,1-2H3. The molecule has 1 amide bonds. The molecular weight excluding hydrogens is 328 g/mol. The number of furan rings is 1. The topological polar surface area (TPSA) is 55.6 Å². The minimum Gasteiger partial charge on any atom is -0.494 e. The average Bonchev–Trinajstić information content (AvgIpc) is 3.10. The van der Waals surface area contributed by atoms with Gasteiger partial charge in [-0.2, -0.15) is 0 Å². The molecule has 0 saturated carbocycles. The summed E-state index contributed by atoms with van der Waals surface area (Å²) in [5.41, 5.74) is 0.572. The Morgan fingerprint density at radius 3 is 2.54 bits per heavy atom. The number of pyridine rings is 1. The summed E-state index contributed by atoms with van der Waals surface area (Å²) >= 11 is 0. The number of benzene rings is 1. The molecule has 0 saturated heterocycles. The fourth-order valence-corrected chi connectivity index (χ4v) is 2.57. The Morgan fingerprint density at radius 1 is 1.12 bits per heavy atom. The maximum atomic E-state index is 13.1. The van der Waals surface area contributed by atoms with Gasteiger partial charge in [-0.3, -0.25) is 9.69 Å². The summed E-state index contributed by atoms with van der Waals surface area (Å²) in [5.74, 6) is 2.72. The molecule has 0 spiro atoms. The monoisotopic (exact) mass is 350 g/mol. The molecule has 0 fully saturated rings. The number of amides is 1. The highest BCUT2D eigenvalue weighted by Crippen LogP contribution is 2.20. The smallest absolute Gasteiger partial charge is 0.259 e. The van der Waals surface area contributed by atoms with Crippen molar-refractivity contribution in [2.45, 2.75) is 26.8 Å². The molecule has 0 aliphatic carbocycles. The Morgan fingerprint density at radius 2 is 1.92 bits per heavy atom. The molecule has 0 bridgehead atoms. The summed E-state index contributed by atoms with van der Waals surface area (Å²) in [6, 6.07) is 16.4. The number of hydrogen-bond acceptors (Lipinski definition) is 4. The number of ether oxygens (including phenoxy) is 1. The van der Waals surface area contributed by atoms with E-state index < -0.39 is 0 Å². The molecule has 0 atom stereocenters. The number of carbonyl (C=O) groups is 1. The molecule has 0 aliphatic rings. The number of hydrogen-bond donors (Lipinski definition) is 0. The Kier molecular flexibility index (Phi) is 5.69. The zero-order valence-corrected chi connectivity index (χ0v) is 15.0. The third-order valence-corrected chi connectivity index (χ3v) is 3.86. The average molecular weight is 350 g/mol. The highest BCUT2D eigenvalue weighted by atomic mass is 16.5. The van der Waals surface area contributed by atoms with E-state index in [0.29, 0.717) is 30.3 Å². The molecular formula is C21H22N2O3. The highest BCUT2D eigenvalue weighted by molar-refractivity contribution is 6.05. The summed E-state index contributed by atoms with van der Waals surface area (Å²) in [4.78, 5) is 19.0. The van der Waals surface area contributed by atoms with Crippen LogP contribution in [0.1, 0.15) is 35.2 Å². The zero-order valence-electron chi connectivity index (χ0n) is 15.0. The van der Waals surface area contributed by atoms with Gasteiger partial charge in [-0.15, -0.1) is 0 Å². The van der Waals surface area contributed by atoms with Gasteiger partial charge in [-0.25, -0.2) is 4.98 Å². The van der Waals surface area contributed by atoms with Gasteiger partial charge in [0, 0.05) is 11.8 Å². The van der Waals surface area contributed by atoms with E-state index in [4.69, 9.17) is 9.15 Å². The van der Waals surface area contributed by atoms with Crippen molar-refractivity contribution < 1.29 is 13.9 Å². The molecule has 0 aliphatic heterocycles. The quantitative estimate of drug-likeness (QED) is 0.624. The highest BCUT2D eigenvalue weighted by Gasteiger charge is 2.20. The van der Waals surface area contributed by atoms with Crippen LogP contribution in [0.15, 0.2) is 65.2 Å². The normalized spacial score (nSPS) is 10.5. The van der Waals surface area contributed by atoms with Gasteiger partial charge in [0.05, 0.1) is 13.2 Å². The summed E-state index contributed by atoms with van der Waals surface area (Å²) in [6.45, 7) is 4.91. The molecule has 0 N–H and O–H groups in total. The van der Waals surface area contributed by atoms with E-state index in [1.807, 2.05) is 49.4 Å². The maximum absolute atomic E-state index is 13.1. The van der Waals surface area contributed by atoms with E-state index in [0.717, 1.165) is 17.9 Å². The van der Waals surface area contributed by atoms with Crippen molar-refractivity contribution in [1.29, 1.82) is 0 Å². The van der Waals surface area contributed by atoms with Crippen molar-refractivity contribution in [2.24, 2.45) is 0 Å². The molecule has 0 unspecified atom stereocenters. The summed E-state index contributed by atoms with van der Waals surface area (Å²) < 4.78 is 11.2. The SMILES string of the molecule is CCCOc1ccc(C(=O)N(Cc2ccc(C)o2)c2ccccn2)cc1. The molecule has 2 heterocycles. The zero-order chi connectivity index (χ0) is 18.4. The first-order valence-corrected chi connectivity index (χ1v) is 8.68. The van der Waals surface area contributed by atoms with Crippen LogP contribution in [0.3, 0.4) is 0 Å². The molecule has 0 radical (unpaired) electrons.